The number of hydrogen-bond acceptors (Lipinski definition) is 1. The molecule has 0 saturated carbocycles. The lowest BCUT2D eigenvalue weighted by Gasteiger charge is -2.15. The molecule has 0 aliphatic carbocycles. The third-order valence-electron chi connectivity index (χ3n) is 3.50. The molecule has 2 aromatic carbocycles. The van der Waals surface area contributed by atoms with Crippen LogP contribution >= 0.6 is 11.6 Å². The summed E-state index contributed by atoms with van der Waals surface area (Å²) in [6.07, 6.45) is 0.858. The van der Waals surface area contributed by atoms with Crippen LogP contribution in [0, 0.1) is 13.8 Å². The van der Waals surface area contributed by atoms with Crippen LogP contribution < -0.4 is 0 Å². The van der Waals surface area contributed by atoms with Crippen molar-refractivity contribution in [3.63, 3.8) is 0 Å². The van der Waals surface area contributed by atoms with Crippen molar-refractivity contribution in [1.29, 1.82) is 0 Å². The van der Waals surface area contributed by atoms with Crippen LogP contribution in [0.25, 0.3) is 0 Å². The molecule has 19 heavy (non-hydrogen) atoms. The number of aryl methyl sites for hydroxylation is 2. The van der Waals surface area contributed by atoms with Crippen molar-refractivity contribution in [3.05, 3.63) is 69.7 Å². The number of benzene rings is 2. The Labute approximate surface area is 119 Å². The molecule has 2 rings (SSSR count). The van der Waals surface area contributed by atoms with Crippen molar-refractivity contribution < 1.29 is 5.11 Å². The van der Waals surface area contributed by atoms with Gasteiger partial charge in [0.15, 0.2) is 0 Å². The van der Waals surface area contributed by atoms with Gasteiger partial charge >= 0.3 is 0 Å². The molecule has 0 aliphatic heterocycles. The van der Waals surface area contributed by atoms with Gasteiger partial charge in [0, 0.05) is 11.4 Å². The summed E-state index contributed by atoms with van der Waals surface area (Å²) in [5, 5.41) is 11.0. The van der Waals surface area contributed by atoms with Gasteiger partial charge in [-0.15, -0.1) is 0 Å². The second-order valence-corrected chi connectivity index (χ2v) is 5.43. The minimum Gasteiger partial charge on any atom is -0.392 e. The molecular weight excluding hydrogens is 256 g/mol. The highest BCUT2D eigenvalue weighted by Crippen LogP contribution is 2.20. The van der Waals surface area contributed by atoms with Gasteiger partial charge < -0.3 is 5.11 Å². The van der Waals surface area contributed by atoms with Crippen LogP contribution in [-0.4, -0.2) is 11.2 Å². The summed E-state index contributed by atoms with van der Waals surface area (Å²) >= 11 is 6.12. The Kier molecular flexibility index (Phi) is 4.62. The Morgan fingerprint density at radius 1 is 0.947 bits per heavy atom. The molecule has 2 aromatic rings. The normalized spacial score (nSPS) is 12.4. The molecule has 0 saturated heterocycles. The maximum Gasteiger partial charge on any atom is 0.0621 e. The van der Waals surface area contributed by atoms with E-state index >= 15 is 0 Å². The molecule has 0 fully saturated rings. The van der Waals surface area contributed by atoms with Crippen molar-refractivity contribution >= 4 is 11.6 Å². The monoisotopic (exact) mass is 274 g/mol. The molecule has 1 nitrogen and oxygen atoms in total. The number of hydrogen-bond donors (Lipinski definition) is 1. The molecule has 0 amide bonds. The molecule has 2 heteroatoms. The van der Waals surface area contributed by atoms with Gasteiger partial charge in [0.25, 0.3) is 0 Å². The Bertz CT molecular complexity index is 543. The highest BCUT2D eigenvalue weighted by molar-refractivity contribution is 6.31. The van der Waals surface area contributed by atoms with Gasteiger partial charge in [-0.1, -0.05) is 48.0 Å². The van der Waals surface area contributed by atoms with E-state index in [-0.39, 0.29) is 0 Å². The van der Waals surface area contributed by atoms with E-state index in [1.165, 1.54) is 16.7 Å². The minimum atomic E-state index is -0.403. The lowest BCUT2D eigenvalue weighted by atomic mass is 9.95. The number of aliphatic hydroxyl groups is 1. The van der Waals surface area contributed by atoms with Gasteiger partial charge in [0.1, 0.15) is 0 Å². The average Bonchev–Trinajstić information content (AvgIpc) is 2.37. The minimum absolute atomic E-state index is 0.403. The Balaban J connectivity index is 2.10. The molecule has 1 atom stereocenters. The summed E-state index contributed by atoms with van der Waals surface area (Å²) < 4.78 is 0. The number of halogens is 1. The van der Waals surface area contributed by atoms with Crippen molar-refractivity contribution in [2.75, 3.05) is 0 Å². The fourth-order valence-electron chi connectivity index (χ4n) is 2.40. The van der Waals surface area contributed by atoms with Crippen molar-refractivity contribution in [2.24, 2.45) is 0 Å². The zero-order chi connectivity index (χ0) is 13.8. The largest absolute Gasteiger partial charge is 0.392 e. The molecule has 1 N–H and O–H groups in total. The third-order valence-corrected chi connectivity index (χ3v) is 3.87. The van der Waals surface area contributed by atoms with Crippen LogP contribution in [0.4, 0.5) is 0 Å². The maximum atomic E-state index is 10.3. The molecule has 0 heterocycles. The molecule has 0 radical (unpaired) electrons. The lowest BCUT2D eigenvalue weighted by Crippen LogP contribution is -2.15. The van der Waals surface area contributed by atoms with Crippen LogP contribution in [0.5, 0.6) is 0 Å². The standard InChI is InChI=1S/C17H19ClO/c1-12-6-5-7-13(2)16(12)11-15(19)10-14-8-3-4-9-17(14)18/h3-9,15,19H,10-11H2,1-2H3. The molecule has 0 aromatic heterocycles. The summed E-state index contributed by atoms with van der Waals surface area (Å²) in [6.45, 7) is 4.18. The Morgan fingerprint density at radius 3 is 2.21 bits per heavy atom. The summed E-state index contributed by atoms with van der Waals surface area (Å²) in [5.74, 6) is 0. The van der Waals surface area contributed by atoms with E-state index in [2.05, 4.69) is 32.0 Å². The first-order valence-electron chi connectivity index (χ1n) is 6.54. The summed E-state index contributed by atoms with van der Waals surface area (Å²) in [7, 11) is 0. The van der Waals surface area contributed by atoms with E-state index in [4.69, 9.17) is 11.6 Å². The molecule has 0 bridgehead atoms. The first-order valence-corrected chi connectivity index (χ1v) is 6.92. The Hall–Kier alpha value is -1.31. The van der Waals surface area contributed by atoms with Gasteiger partial charge in [-0.2, -0.15) is 0 Å². The van der Waals surface area contributed by atoms with Crippen molar-refractivity contribution in [3.8, 4) is 0 Å². The van der Waals surface area contributed by atoms with E-state index in [1.807, 2.05) is 24.3 Å². The van der Waals surface area contributed by atoms with E-state index in [0.29, 0.717) is 12.8 Å². The SMILES string of the molecule is Cc1cccc(C)c1CC(O)Cc1ccccc1Cl. The predicted molar refractivity (Wildman–Crippen MR) is 80.8 cm³/mol. The van der Waals surface area contributed by atoms with Gasteiger partial charge in [0.2, 0.25) is 0 Å². The average molecular weight is 275 g/mol. The zero-order valence-corrected chi connectivity index (χ0v) is 12.1. The van der Waals surface area contributed by atoms with Crippen LogP contribution in [-0.2, 0) is 12.8 Å². The molecule has 1 unspecified atom stereocenters. The maximum absolute atomic E-state index is 10.3. The molecular formula is C17H19ClO. The summed E-state index contributed by atoms with van der Waals surface area (Å²) in [4.78, 5) is 0. The third kappa shape index (κ3) is 3.59. The van der Waals surface area contributed by atoms with Gasteiger partial charge in [0.05, 0.1) is 6.10 Å². The molecule has 0 aliphatic rings. The second kappa shape index (κ2) is 6.23. The summed E-state index contributed by atoms with van der Waals surface area (Å²) in [5.41, 5.74) is 4.71. The van der Waals surface area contributed by atoms with Crippen LogP contribution in [0.3, 0.4) is 0 Å². The first-order chi connectivity index (χ1) is 9.08. The van der Waals surface area contributed by atoms with E-state index in [0.717, 1.165) is 10.6 Å². The molecule has 0 spiro atoms. The highest BCUT2D eigenvalue weighted by Gasteiger charge is 2.12. The second-order valence-electron chi connectivity index (χ2n) is 5.02. The Morgan fingerprint density at radius 2 is 1.58 bits per heavy atom. The van der Waals surface area contributed by atoms with Crippen molar-refractivity contribution in [1.82, 2.24) is 0 Å². The van der Waals surface area contributed by atoms with E-state index in [1.54, 1.807) is 0 Å². The number of rotatable bonds is 4. The number of aliphatic hydroxyl groups excluding tert-OH is 1. The fourth-order valence-corrected chi connectivity index (χ4v) is 2.61. The first kappa shape index (κ1) is 14.1. The van der Waals surface area contributed by atoms with Gasteiger partial charge in [-0.3, -0.25) is 0 Å². The van der Waals surface area contributed by atoms with E-state index in [9.17, 15) is 5.11 Å². The van der Waals surface area contributed by atoms with Crippen molar-refractivity contribution in [2.45, 2.75) is 32.8 Å². The van der Waals surface area contributed by atoms with E-state index < -0.39 is 6.10 Å². The predicted octanol–water partition coefficient (Wildman–Crippen LogP) is 4.10. The molecule has 100 valence electrons. The fraction of sp³-hybridized carbons (Fsp3) is 0.294. The van der Waals surface area contributed by atoms with Crippen LogP contribution in [0.15, 0.2) is 42.5 Å². The lowest BCUT2D eigenvalue weighted by molar-refractivity contribution is 0.175. The summed E-state index contributed by atoms with van der Waals surface area (Å²) in [6, 6.07) is 13.9. The zero-order valence-electron chi connectivity index (χ0n) is 11.4. The van der Waals surface area contributed by atoms with Gasteiger partial charge in [-0.25, -0.2) is 0 Å². The highest BCUT2D eigenvalue weighted by atomic mass is 35.5. The van der Waals surface area contributed by atoms with Crippen LogP contribution in [0.2, 0.25) is 5.02 Å². The quantitative estimate of drug-likeness (QED) is 0.890. The van der Waals surface area contributed by atoms with Crippen LogP contribution in [0.1, 0.15) is 22.3 Å². The van der Waals surface area contributed by atoms with Gasteiger partial charge in [-0.05, 0) is 48.6 Å². The smallest absolute Gasteiger partial charge is 0.0621 e. The topological polar surface area (TPSA) is 20.2 Å².